The van der Waals surface area contributed by atoms with Gasteiger partial charge in [0, 0.05) is 26.9 Å². The van der Waals surface area contributed by atoms with Crippen molar-refractivity contribution in [2.75, 3.05) is 16.3 Å². The molecule has 0 aliphatic carbocycles. The average Bonchev–Trinajstić information content (AvgIpc) is 2.68. The Hall–Kier alpha value is -2.48. The SMILES string of the molecule is CS(=O)(=O)Nc1ccc(C(=O)Nc2ccccc2SCc2ccc(Cl)cc2)cc1. The van der Waals surface area contributed by atoms with E-state index in [2.05, 4.69) is 10.0 Å². The van der Waals surface area contributed by atoms with Crippen molar-refractivity contribution in [2.24, 2.45) is 0 Å². The number of rotatable bonds is 7. The predicted molar refractivity (Wildman–Crippen MR) is 120 cm³/mol. The second-order valence-corrected chi connectivity index (χ2v) is 9.52. The van der Waals surface area contributed by atoms with Crippen molar-refractivity contribution in [2.45, 2.75) is 10.6 Å². The van der Waals surface area contributed by atoms with Gasteiger partial charge in [0.25, 0.3) is 5.91 Å². The molecular formula is C21H19ClN2O3S2. The molecule has 0 heterocycles. The van der Waals surface area contributed by atoms with E-state index in [1.54, 1.807) is 36.0 Å². The third kappa shape index (κ3) is 6.52. The van der Waals surface area contributed by atoms with Gasteiger partial charge in [-0.3, -0.25) is 9.52 Å². The Kier molecular flexibility index (Phi) is 6.84. The molecule has 0 atom stereocenters. The van der Waals surface area contributed by atoms with Gasteiger partial charge < -0.3 is 5.32 Å². The summed E-state index contributed by atoms with van der Waals surface area (Å²) in [6.45, 7) is 0. The van der Waals surface area contributed by atoms with Crippen LogP contribution in [0, 0.1) is 0 Å². The number of thioether (sulfide) groups is 1. The molecule has 0 aliphatic heterocycles. The van der Waals surface area contributed by atoms with Crippen LogP contribution in [0.4, 0.5) is 11.4 Å². The Morgan fingerprint density at radius 2 is 1.62 bits per heavy atom. The Balaban J connectivity index is 1.68. The van der Waals surface area contributed by atoms with Crippen molar-refractivity contribution in [3.05, 3.63) is 88.9 Å². The summed E-state index contributed by atoms with van der Waals surface area (Å²) in [5.41, 5.74) is 2.69. The van der Waals surface area contributed by atoms with Gasteiger partial charge in [0.05, 0.1) is 11.9 Å². The zero-order chi connectivity index (χ0) is 20.9. The molecule has 0 aromatic heterocycles. The number of carbonyl (C=O) groups is 1. The van der Waals surface area contributed by atoms with E-state index in [1.165, 1.54) is 0 Å². The molecule has 0 bridgehead atoms. The second-order valence-electron chi connectivity index (χ2n) is 6.32. The minimum absolute atomic E-state index is 0.268. The van der Waals surface area contributed by atoms with Crippen molar-refractivity contribution < 1.29 is 13.2 Å². The number of hydrogen-bond acceptors (Lipinski definition) is 4. The predicted octanol–water partition coefficient (Wildman–Crippen LogP) is 5.26. The summed E-state index contributed by atoms with van der Waals surface area (Å²) >= 11 is 7.54. The van der Waals surface area contributed by atoms with Crippen LogP contribution in [0.3, 0.4) is 0 Å². The normalized spacial score (nSPS) is 11.1. The number of amides is 1. The molecule has 29 heavy (non-hydrogen) atoms. The van der Waals surface area contributed by atoms with Crippen LogP contribution in [0.1, 0.15) is 15.9 Å². The largest absolute Gasteiger partial charge is 0.321 e. The van der Waals surface area contributed by atoms with Crippen molar-refractivity contribution in [3.63, 3.8) is 0 Å². The Morgan fingerprint density at radius 3 is 2.28 bits per heavy atom. The van der Waals surface area contributed by atoms with Gasteiger partial charge in [0.1, 0.15) is 0 Å². The Morgan fingerprint density at radius 1 is 0.966 bits per heavy atom. The zero-order valence-electron chi connectivity index (χ0n) is 15.6. The molecule has 0 fully saturated rings. The number of sulfonamides is 1. The minimum Gasteiger partial charge on any atom is -0.321 e. The summed E-state index contributed by atoms with van der Waals surface area (Å²) < 4.78 is 24.9. The smallest absolute Gasteiger partial charge is 0.255 e. The van der Waals surface area contributed by atoms with Gasteiger partial charge >= 0.3 is 0 Å². The average molecular weight is 447 g/mol. The topological polar surface area (TPSA) is 75.3 Å². The molecular weight excluding hydrogens is 428 g/mol. The van der Waals surface area contributed by atoms with Crippen molar-refractivity contribution >= 4 is 50.7 Å². The third-order valence-corrected chi connectivity index (χ3v) is 5.90. The van der Waals surface area contributed by atoms with E-state index < -0.39 is 10.0 Å². The van der Waals surface area contributed by atoms with Gasteiger partial charge in [-0.15, -0.1) is 11.8 Å². The van der Waals surface area contributed by atoms with E-state index in [9.17, 15) is 13.2 Å². The lowest BCUT2D eigenvalue weighted by molar-refractivity contribution is 0.102. The first-order valence-electron chi connectivity index (χ1n) is 8.66. The number of halogens is 1. The van der Waals surface area contributed by atoms with Crippen LogP contribution >= 0.6 is 23.4 Å². The highest BCUT2D eigenvalue weighted by atomic mass is 35.5. The number of para-hydroxylation sites is 1. The van der Waals surface area contributed by atoms with Crippen LogP contribution in [0.25, 0.3) is 0 Å². The number of benzene rings is 3. The number of hydrogen-bond donors (Lipinski definition) is 2. The molecule has 2 N–H and O–H groups in total. The summed E-state index contributed by atoms with van der Waals surface area (Å²) in [5.74, 6) is 0.478. The minimum atomic E-state index is -3.36. The van der Waals surface area contributed by atoms with E-state index in [0.29, 0.717) is 16.3 Å². The highest BCUT2D eigenvalue weighted by Crippen LogP contribution is 2.30. The lowest BCUT2D eigenvalue weighted by atomic mass is 10.2. The molecule has 3 aromatic rings. The quantitative estimate of drug-likeness (QED) is 0.485. The first-order chi connectivity index (χ1) is 13.8. The van der Waals surface area contributed by atoms with Crippen LogP contribution in [0.15, 0.2) is 77.7 Å². The molecule has 0 aliphatic rings. The molecule has 8 heteroatoms. The van der Waals surface area contributed by atoms with Crippen molar-refractivity contribution in [1.82, 2.24) is 0 Å². The van der Waals surface area contributed by atoms with Crippen LogP contribution in [-0.2, 0) is 15.8 Å². The standard InChI is InChI=1S/C21H19ClN2O3S2/c1-29(26,27)24-18-12-8-16(9-13-18)21(25)23-19-4-2-3-5-20(19)28-14-15-6-10-17(22)11-7-15/h2-13,24H,14H2,1H3,(H,23,25). The maximum Gasteiger partial charge on any atom is 0.255 e. The van der Waals surface area contributed by atoms with E-state index >= 15 is 0 Å². The van der Waals surface area contributed by atoms with E-state index in [-0.39, 0.29) is 5.91 Å². The second kappa shape index (κ2) is 9.35. The van der Waals surface area contributed by atoms with Gasteiger partial charge in [-0.2, -0.15) is 0 Å². The van der Waals surface area contributed by atoms with Gasteiger partial charge in [-0.1, -0.05) is 35.9 Å². The summed E-state index contributed by atoms with van der Waals surface area (Å²) in [6, 6.07) is 21.5. The van der Waals surface area contributed by atoms with Gasteiger partial charge in [-0.05, 0) is 54.1 Å². The molecule has 3 aromatic carbocycles. The third-order valence-electron chi connectivity index (χ3n) is 3.89. The highest BCUT2D eigenvalue weighted by molar-refractivity contribution is 7.98. The lowest BCUT2D eigenvalue weighted by Crippen LogP contribution is -2.13. The van der Waals surface area contributed by atoms with Gasteiger partial charge in [0.15, 0.2) is 0 Å². The molecule has 150 valence electrons. The molecule has 0 unspecified atom stereocenters. The fourth-order valence-corrected chi connectivity index (χ4v) is 4.19. The fraction of sp³-hybridized carbons (Fsp3) is 0.0952. The molecule has 3 rings (SSSR count). The summed E-state index contributed by atoms with van der Waals surface area (Å²) in [4.78, 5) is 13.6. The first-order valence-corrected chi connectivity index (χ1v) is 11.9. The Bertz CT molecular complexity index is 1100. The van der Waals surface area contributed by atoms with E-state index in [4.69, 9.17) is 11.6 Å². The van der Waals surface area contributed by atoms with Gasteiger partial charge in [-0.25, -0.2) is 8.42 Å². The fourth-order valence-electron chi connectivity index (χ4n) is 2.54. The summed E-state index contributed by atoms with van der Waals surface area (Å²) in [5, 5.41) is 3.62. The Labute approximate surface area is 179 Å². The number of carbonyl (C=O) groups excluding carboxylic acids is 1. The van der Waals surface area contributed by atoms with E-state index in [1.807, 2.05) is 48.5 Å². The molecule has 1 amide bonds. The highest BCUT2D eigenvalue weighted by Gasteiger charge is 2.10. The number of anilines is 2. The first kappa shape index (κ1) is 21.2. The molecule has 0 radical (unpaired) electrons. The zero-order valence-corrected chi connectivity index (χ0v) is 17.9. The van der Waals surface area contributed by atoms with Gasteiger partial charge in [0.2, 0.25) is 10.0 Å². The molecule has 0 saturated heterocycles. The van der Waals surface area contributed by atoms with E-state index in [0.717, 1.165) is 28.2 Å². The van der Waals surface area contributed by atoms with Crippen LogP contribution in [-0.4, -0.2) is 20.6 Å². The summed E-state index contributed by atoms with van der Waals surface area (Å²) in [6.07, 6.45) is 1.08. The molecule has 0 spiro atoms. The van der Waals surface area contributed by atoms with Crippen LogP contribution in [0.2, 0.25) is 5.02 Å². The summed E-state index contributed by atoms with van der Waals surface area (Å²) in [7, 11) is -3.36. The van der Waals surface area contributed by atoms with Crippen LogP contribution < -0.4 is 10.0 Å². The lowest BCUT2D eigenvalue weighted by Gasteiger charge is -2.11. The molecule has 5 nitrogen and oxygen atoms in total. The van der Waals surface area contributed by atoms with Crippen molar-refractivity contribution in [1.29, 1.82) is 0 Å². The maximum absolute atomic E-state index is 12.6. The maximum atomic E-state index is 12.6. The molecule has 0 saturated carbocycles. The number of nitrogens with one attached hydrogen (secondary N) is 2. The van der Waals surface area contributed by atoms with Crippen molar-refractivity contribution in [3.8, 4) is 0 Å². The van der Waals surface area contributed by atoms with Crippen LogP contribution in [0.5, 0.6) is 0 Å². The monoisotopic (exact) mass is 446 g/mol.